The number of nitrogens with one attached hydrogen (secondary N) is 1. The summed E-state index contributed by atoms with van der Waals surface area (Å²) in [5.41, 5.74) is 0.940. The Kier molecular flexibility index (Phi) is 5.96. The maximum atomic E-state index is 13.9. The zero-order chi connectivity index (χ0) is 18.4. The third-order valence-corrected chi connectivity index (χ3v) is 4.27. The Morgan fingerprint density at radius 1 is 1.19 bits per heavy atom. The second-order valence-electron chi connectivity index (χ2n) is 5.94. The quantitative estimate of drug-likeness (QED) is 0.785. The topological polar surface area (TPSA) is 70.6 Å². The van der Waals surface area contributed by atoms with Gasteiger partial charge < -0.3 is 19.9 Å². The molecule has 1 aromatic carbocycles. The highest BCUT2D eigenvalue weighted by molar-refractivity contribution is 5.92. The smallest absolute Gasteiger partial charge is 0.270 e. The number of benzene rings is 1. The van der Waals surface area contributed by atoms with Crippen LogP contribution in [0.3, 0.4) is 0 Å². The number of anilines is 2. The van der Waals surface area contributed by atoms with E-state index in [1.165, 1.54) is 12.4 Å². The van der Waals surface area contributed by atoms with Crippen molar-refractivity contribution in [2.24, 2.45) is 0 Å². The Balaban J connectivity index is 1.62. The predicted molar refractivity (Wildman–Crippen MR) is 97.1 cm³/mol. The number of carbonyl (C=O) groups is 1. The molecule has 0 unspecified atom stereocenters. The van der Waals surface area contributed by atoms with E-state index in [0.29, 0.717) is 56.5 Å². The molecule has 0 bridgehead atoms. The lowest BCUT2D eigenvalue weighted by atomic mass is 10.2. The first kappa shape index (κ1) is 18.1. The zero-order valence-corrected chi connectivity index (χ0v) is 14.7. The van der Waals surface area contributed by atoms with E-state index >= 15 is 0 Å². The van der Waals surface area contributed by atoms with E-state index in [4.69, 9.17) is 4.74 Å². The normalized spacial score (nSPS) is 14.4. The minimum atomic E-state index is -0.254. The molecule has 2 aromatic rings. The summed E-state index contributed by atoms with van der Waals surface area (Å²) in [6, 6.07) is 8.47. The van der Waals surface area contributed by atoms with Crippen LogP contribution in [0.4, 0.5) is 15.9 Å². The summed E-state index contributed by atoms with van der Waals surface area (Å²) in [6.45, 7) is 3.62. The van der Waals surface area contributed by atoms with Crippen LogP contribution < -0.4 is 15.1 Å². The average Bonchev–Trinajstić information content (AvgIpc) is 2.69. The fraction of sp³-hybridized carbons (Fsp3) is 0.389. The van der Waals surface area contributed by atoms with Crippen LogP contribution >= 0.6 is 0 Å². The molecule has 138 valence electrons. The molecule has 0 saturated carbocycles. The predicted octanol–water partition coefficient (Wildman–Crippen LogP) is 1.32. The molecular weight excluding hydrogens is 337 g/mol. The zero-order valence-electron chi connectivity index (χ0n) is 14.7. The summed E-state index contributed by atoms with van der Waals surface area (Å²) in [7, 11) is 1.58. The molecule has 26 heavy (non-hydrogen) atoms. The number of piperazine rings is 1. The monoisotopic (exact) mass is 359 g/mol. The fourth-order valence-corrected chi connectivity index (χ4v) is 2.89. The van der Waals surface area contributed by atoms with Gasteiger partial charge in [0.2, 0.25) is 0 Å². The molecule has 0 atom stereocenters. The SMILES string of the molecule is COCCNC(=O)c1cc(N2CCN(c3ccccc3F)CC2)ncn1. The van der Waals surface area contributed by atoms with Gasteiger partial charge in [0.05, 0.1) is 12.3 Å². The van der Waals surface area contributed by atoms with E-state index in [1.54, 1.807) is 25.3 Å². The lowest BCUT2D eigenvalue weighted by Crippen LogP contribution is -2.47. The number of nitrogens with zero attached hydrogens (tertiary/aromatic N) is 4. The van der Waals surface area contributed by atoms with E-state index in [9.17, 15) is 9.18 Å². The van der Waals surface area contributed by atoms with Crippen LogP contribution in [0.15, 0.2) is 36.7 Å². The molecule has 1 aromatic heterocycles. The van der Waals surface area contributed by atoms with E-state index in [1.807, 2.05) is 11.0 Å². The Morgan fingerprint density at radius 3 is 2.65 bits per heavy atom. The van der Waals surface area contributed by atoms with Crippen molar-refractivity contribution in [2.75, 3.05) is 56.2 Å². The number of hydrogen-bond acceptors (Lipinski definition) is 6. The highest BCUT2D eigenvalue weighted by Gasteiger charge is 2.21. The minimum Gasteiger partial charge on any atom is -0.383 e. The molecule has 1 N–H and O–H groups in total. The van der Waals surface area contributed by atoms with Crippen LogP contribution in [0.5, 0.6) is 0 Å². The van der Waals surface area contributed by atoms with Gasteiger partial charge in [-0.05, 0) is 12.1 Å². The van der Waals surface area contributed by atoms with Crippen LogP contribution in [0.25, 0.3) is 0 Å². The van der Waals surface area contributed by atoms with Crippen molar-refractivity contribution in [1.82, 2.24) is 15.3 Å². The largest absolute Gasteiger partial charge is 0.383 e. The molecule has 0 spiro atoms. The van der Waals surface area contributed by atoms with Gasteiger partial charge in [0.15, 0.2) is 0 Å². The number of rotatable bonds is 6. The number of hydrogen-bond donors (Lipinski definition) is 1. The van der Waals surface area contributed by atoms with Crippen LogP contribution in [0, 0.1) is 5.82 Å². The van der Waals surface area contributed by atoms with E-state index in [2.05, 4.69) is 20.2 Å². The van der Waals surface area contributed by atoms with Gasteiger partial charge in [0.25, 0.3) is 5.91 Å². The van der Waals surface area contributed by atoms with Gasteiger partial charge in [-0.15, -0.1) is 0 Å². The van der Waals surface area contributed by atoms with Crippen LogP contribution in [0.2, 0.25) is 0 Å². The number of para-hydroxylation sites is 1. The van der Waals surface area contributed by atoms with Crippen molar-refractivity contribution in [3.63, 3.8) is 0 Å². The number of carbonyl (C=O) groups excluding carboxylic acids is 1. The summed E-state index contributed by atoms with van der Waals surface area (Å²) in [5, 5.41) is 2.74. The van der Waals surface area contributed by atoms with Crippen molar-refractivity contribution < 1.29 is 13.9 Å². The van der Waals surface area contributed by atoms with Crippen molar-refractivity contribution in [3.8, 4) is 0 Å². The van der Waals surface area contributed by atoms with Crippen LogP contribution in [0.1, 0.15) is 10.5 Å². The third-order valence-electron chi connectivity index (χ3n) is 4.27. The molecule has 1 saturated heterocycles. The summed E-state index contributed by atoms with van der Waals surface area (Å²) < 4.78 is 18.8. The second kappa shape index (κ2) is 8.57. The minimum absolute atomic E-state index is 0.210. The molecule has 1 fully saturated rings. The van der Waals surface area contributed by atoms with Crippen molar-refractivity contribution in [3.05, 3.63) is 48.2 Å². The summed E-state index contributed by atoms with van der Waals surface area (Å²) >= 11 is 0. The van der Waals surface area contributed by atoms with Gasteiger partial charge in [0, 0.05) is 45.9 Å². The van der Waals surface area contributed by atoms with Crippen LogP contribution in [-0.4, -0.2) is 62.3 Å². The van der Waals surface area contributed by atoms with Gasteiger partial charge in [-0.2, -0.15) is 0 Å². The van der Waals surface area contributed by atoms with E-state index in [-0.39, 0.29) is 11.7 Å². The average molecular weight is 359 g/mol. The Hall–Kier alpha value is -2.74. The molecule has 7 nitrogen and oxygen atoms in total. The highest BCUT2D eigenvalue weighted by Crippen LogP contribution is 2.22. The summed E-state index contributed by atoms with van der Waals surface area (Å²) in [5.74, 6) is 0.235. The number of halogens is 1. The fourth-order valence-electron chi connectivity index (χ4n) is 2.89. The number of methoxy groups -OCH3 is 1. The van der Waals surface area contributed by atoms with Crippen molar-refractivity contribution >= 4 is 17.4 Å². The second-order valence-corrected chi connectivity index (χ2v) is 5.94. The molecule has 8 heteroatoms. The highest BCUT2D eigenvalue weighted by atomic mass is 19.1. The number of ether oxygens (including phenoxy) is 1. The molecule has 2 heterocycles. The van der Waals surface area contributed by atoms with Gasteiger partial charge in [-0.3, -0.25) is 4.79 Å². The van der Waals surface area contributed by atoms with E-state index < -0.39 is 0 Å². The summed E-state index contributed by atoms with van der Waals surface area (Å²) in [4.78, 5) is 24.5. The van der Waals surface area contributed by atoms with Gasteiger partial charge in [-0.1, -0.05) is 12.1 Å². The molecular formula is C18H22FN5O2. The lowest BCUT2D eigenvalue weighted by Gasteiger charge is -2.36. The first-order valence-corrected chi connectivity index (χ1v) is 8.52. The van der Waals surface area contributed by atoms with E-state index in [0.717, 1.165) is 0 Å². The Morgan fingerprint density at radius 2 is 1.92 bits per heavy atom. The molecule has 1 aliphatic heterocycles. The van der Waals surface area contributed by atoms with Gasteiger partial charge in [0.1, 0.15) is 23.7 Å². The lowest BCUT2D eigenvalue weighted by molar-refractivity contribution is 0.0932. The first-order chi connectivity index (χ1) is 12.7. The van der Waals surface area contributed by atoms with Gasteiger partial charge >= 0.3 is 0 Å². The Bertz CT molecular complexity index is 750. The first-order valence-electron chi connectivity index (χ1n) is 8.52. The standard InChI is InChI=1S/C18H22FN5O2/c1-26-11-6-20-18(25)15-12-17(22-13-21-15)24-9-7-23(8-10-24)16-5-3-2-4-14(16)19/h2-5,12-13H,6-11H2,1H3,(H,20,25). The number of aromatic nitrogens is 2. The molecule has 1 aliphatic rings. The van der Waals surface area contributed by atoms with Crippen molar-refractivity contribution in [2.45, 2.75) is 0 Å². The van der Waals surface area contributed by atoms with Crippen molar-refractivity contribution in [1.29, 1.82) is 0 Å². The van der Waals surface area contributed by atoms with Gasteiger partial charge in [-0.25, -0.2) is 14.4 Å². The number of amides is 1. The molecule has 0 radical (unpaired) electrons. The molecule has 1 amide bonds. The maximum absolute atomic E-state index is 13.9. The summed E-state index contributed by atoms with van der Waals surface area (Å²) in [6.07, 6.45) is 1.39. The Labute approximate surface area is 151 Å². The molecule has 3 rings (SSSR count). The molecule has 0 aliphatic carbocycles. The third kappa shape index (κ3) is 4.26. The van der Waals surface area contributed by atoms with Crippen LogP contribution in [-0.2, 0) is 4.74 Å². The maximum Gasteiger partial charge on any atom is 0.270 e.